The molecule has 0 saturated heterocycles. The predicted octanol–water partition coefficient (Wildman–Crippen LogP) is 4.24. The van der Waals surface area contributed by atoms with Crippen molar-refractivity contribution >= 4 is 35.0 Å². The van der Waals surface area contributed by atoms with E-state index < -0.39 is 46.1 Å². The van der Waals surface area contributed by atoms with Crippen molar-refractivity contribution in [3.05, 3.63) is 29.8 Å². The Kier molecular flexibility index (Phi) is 8.18. The number of amides is 2. The third-order valence-electron chi connectivity index (χ3n) is 4.76. The summed E-state index contributed by atoms with van der Waals surface area (Å²) in [5.41, 5.74) is -3.12. The first-order chi connectivity index (χ1) is 15.9. The normalized spacial score (nSPS) is 19.4. The molecular formula is C24H35N3O7S. The predicted molar refractivity (Wildman–Crippen MR) is 131 cm³/mol. The Labute approximate surface area is 209 Å². The number of benzene rings is 1. The van der Waals surface area contributed by atoms with Crippen molar-refractivity contribution in [2.45, 2.75) is 90.0 Å². The lowest BCUT2D eigenvalue weighted by molar-refractivity contribution is -0.177. The number of nitrogens with zero attached hydrogens (tertiary/aromatic N) is 3. The second-order valence-electron chi connectivity index (χ2n) is 10.6. The highest BCUT2D eigenvalue weighted by Crippen LogP contribution is 2.34. The summed E-state index contributed by atoms with van der Waals surface area (Å²) in [6, 6.07) is 6.22. The Balaban J connectivity index is 2.64. The Morgan fingerprint density at radius 3 is 2.00 bits per heavy atom. The lowest BCUT2D eigenvalue weighted by Gasteiger charge is -2.36. The van der Waals surface area contributed by atoms with Gasteiger partial charge in [-0.2, -0.15) is 5.10 Å². The van der Waals surface area contributed by atoms with Crippen LogP contribution in [0.3, 0.4) is 0 Å². The minimum Gasteiger partial charge on any atom is -0.612 e. The number of hydroxylamine groups is 2. The topological polar surface area (TPSA) is 121 Å². The summed E-state index contributed by atoms with van der Waals surface area (Å²) in [7, 11) is 0. The van der Waals surface area contributed by atoms with E-state index in [0.29, 0.717) is 15.5 Å². The van der Waals surface area contributed by atoms with Crippen LogP contribution in [-0.2, 0) is 30.3 Å². The fourth-order valence-corrected chi connectivity index (χ4v) is 3.73. The molecule has 2 amide bonds. The van der Waals surface area contributed by atoms with Crippen LogP contribution in [0.15, 0.2) is 34.3 Å². The highest BCUT2D eigenvalue weighted by Gasteiger charge is 2.58. The monoisotopic (exact) mass is 509 g/mol. The molecule has 0 bridgehead atoms. The minimum atomic E-state index is -1.88. The summed E-state index contributed by atoms with van der Waals surface area (Å²) in [6.45, 7) is 14.8. The molecule has 0 spiro atoms. The number of rotatable bonds is 4. The molecule has 0 aliphatic carbocycles. The van der Waals surface area contributed by atoms with Gasteiger partial charge in [0.05, 0.1) is 6.04 Å². The zero-order valence-electron chi connectivity index (χ0n) is 22.0. The Morgan fingerprint density at radius 1 is 1.06 bits per heavy atom. The van der Waals surface area contributed by atoms with Gasteiger partial charge in [0, 0.05) is 5.56 Å². The molecule has 194 valence electrons. The van der Waals surface area contributed by atoms with Crippen molar-refractivity contribution in [2.24, 2.45) is 5.10 Å². The van der Waals surface area contributed by atoms with Crippen molar-refractivity contribution < 1.29 is 33.2 Å². The van der Waals surface area contributed by atoms with E-state index >= 15 is 0 Å². The van der Waals surface area contributed by atoms with E-state index in [4.69, 9.17) is 14.3 Å². The lowest BCUT2D eigenvalue weighted by atomic mass is 9.89. The van der Waals surface area contributed by atoms with Crippen LogP contribution in [0.5, 0.6) is 0 Å². The van der Waals surface area contributed by atoms with E-state index in [0.717, 1.165) is 0 Å². The van der Waals surface area contributed by atoms with Gasteiger partial charge in [-0.15, -0.1) is 5.06 Å². The Morgan fingerprint density at radius 2 is 1.57 bits per heavy atom. The maximum Gasteiger partial charge on any atom is 0.534 e. The molecule has 0 N–H and O–H groups in total. The van der Waals surface area contributed by atoms with E-state index in [-0.39, 0.29) is 11.8 Å². The summed E-state index contributed by atoms with van der Waals surface area (Å²) in [5, 5.41) is 6.30. The fourth-order valence-electron chi connectivity index (χ4n) is 3.21. The molecule has 35 heavy (non-hydrogen) atoms. The molecule has 1 aromatic rings. The summed E-state index contributed by atoms with van der Waals surface area (Å²) in [4.78, 5) is 45.5. The molecule has 2 unspecified atom stereocenters. The Bertz CT molecular complexity index is 994. The van der Waals surface area contributed by atoms with Crippen LogP contribution in [0.1, 0.15) is 67.9 Å². The first-order valence-electron chi connectivity index (χ1n) is 11.2. The van der Waals surface area contributed by atoms with Gasteiger partial charge >= 0.3 is 12.2 Å². The van der Waals surface area contributed by atoms with E-state index in [1.54, 1.807) is 85.9 Å². The number of ether oxygens (including phenoxy) is 2. The standard InChI is InChI=1S/C24H35N3O7S/c1-15(2)26-19(28)24(9,18(25-26)16-11-13-17(14-12-16)35(10)31)27(20(29)32-22(3,4)5)34-21(30)33-23(6,7)8/h11-15H,1-10H3. The molecule has 2 atom stereocenters. The van der Waals surface area contributed by atoms with Gasteiger partial charge in [0.2, 0.25) is 5.54 Å². The zero-order valence-corrected chi connectivity index (χ0v) is 22.8. The number of carbonyl (C=O) groups is 3. The van der Waals surface area contributed by atoms with Gasteiger partial charge in [-0.1, -0.05) is 0 Å². The van der Waals surface area contributed by atoms with Crippen LogP contribution in [0.2, 0.25) is 0 Å². The number of hydrogen-bond acceptors (Lipinski definition) is 8. The van der Waals surface area contributed by atoms with E-state index in [1.165, 1.54) is 11.9 Å². The largest absolute Gasteiger partial charge is 0.612 e. The average Bonchev–Trinajstić information content (AvgIpc) is 2.95. The van der Waals surface area contributed by atoms with Crippen LogP contribution >= 0.6 is 0 Å². The van der Waals surface area contributed by atoms with Crippen molar-refractivity contribution in [3.8, 4) is 0 Å². The molecule has 1 heterocycles. The summed E-state index contributed by atoms with van der Waals surface area (Å²) in [6.07, 6.45) is -0.699. The molecule has 0 fully saturated rings. The van der Waals surface area contributed by atoms with Gasteiger partial charge in [0.25, 0.3) is 5.91 Å². The van der Waals surface area contributed by atoms with Gasteiger partial charge in [-0.05, 0) is 97.8 Å². The summed E-state index contributed by atoms with van der Waals surface area (Å²) < 4.78 is 22.6. The molecule has 1 aliphatic heterocycles. The van der Waals surface area contributed by atoms with E-state index in [1.807, 2.05) is 0 Å². The number of hydrogen-bond donors (Lipinski definition) is 0. The molecule has 10 nitrogen and oxygen atoms in total. The second kappa shape index (κ2) is 10.1. The Hall–Kier alpha value is -2.79. The number of hydrazone groups is 1. The van der Waals surface area contributed by atoms with Gasteiger partial charge in [-0.3, -0.25) is 9.63 Å². The van der Waals surface area contributed by atoms with E-state index in [2.05, 4.69) is 5.10 Å². The highest BCUT2D eigenvalue weighted by atomic mass is 32.2. The molecule has 11 heteroatoms. The lowest BCUT2D eigenvalue weighted by Crippen LogP contribution is -2.61. The van der Waals surface area contributed by atoms with Crippen LogP contribution in [0.4, 0.5) is 9.59 Å². The first-order valence-corrected chi connectivity index (χ1v) is 12.7. The van der Waals surface area contributed by atoms with E-state index in [9.17, 15) is 18.9 Å². The van der Waals surface area contributed by atoms with Crippen molar-refractivity contribution in [1.82, 2.24) is 10.1 Å². The average molecular weight is 510 g/mol. The SMILES string of the molecule is CC(C)N1N=C(c2ccc([S+](C)[O-])cc2)C(C)(N(OC(=O)OC(C)(C)C)C(=O)OC(C)(C)C)C1=O. The molecule has 1 aromatic carbocycles. The summed E-state index contributed by atoms with van der Waals surface area (Å²) in [5.74, 6) is -0.597. The maximum absolute atomic E-state index is 13.7. The smallest absolute Gasteiger partial charge is 0.534 e. The molecule has 0 aromatic heterocycles. The van der Waals surface area contributed by atoms with Crippen LogP contribution in [0.25, 0.3) is 0 Å². The van der Waals surface area contributed by atoms with Gasteiger partial charge in [-0.25, -0.2) is 14.6 Å². The van der Waals surface area contributed by atoms with Crippen molar-refractivity contribution in [2.75, 3.05) is 6.26 Å². The third kappa shape index (κ3) is 6.66. The van der Waals surface area contributed by atoms with Crippen LogP contribution in [0, 0.1) is 0 Å². The van der Waals surface area contributed by atoms with Gasteiger partial charge in [0.1, 0.15) is 23.2 Å². The van der Waals surface area contributed by atoms with Crippen LogP contribution in [-0.4, -0.2) is 67.5 Å². The van der Waals surface area contributed by atoms with Gasteiger partial charge < -0.3 is 14.0 Å². The van der Waals surface area contributed by atoms with Crippen molar-refractivity contribution in [3.63, 3.8) is 0 Å². The third-order valence-corrected chi connectivity index (χ3v) is 5.70. The maximum atomic E-state index is 13.7. The molecule has 0 radical (unpaired) electrons. The minimum absolute atomic E-state index is 0.152. The van der Waals surface area contributed by atoms with Gasteiger partial charge in [0.15, 0.2) is 4.90 Å². The fraction of sp³-hybridized carbons (Fsp3) is 0.583. The van der Waals surface area contributed by atoms with Crippen molar-refractivity contribution in [1.29, 1.82) is 0 Å². The second-order valence-corrected chi connectivity index (χ2v) is 12.0. The number of carbonyl (C=O) groups excluding carboxylic acids is 3. The quantitative estimate of drug-likeness (QED) is 0.338. The molecule has 2 rings (SSSR count). The molecular weight excluding hydrogens is 474 g/mol. The summed E-state index contributed by atoms with van der Waals surface area (Å²) >= 11 is -1.21. The molecule has 0 saturated carbocycles. The van der Waals surface area contributed by atoms with Crippen LogP contribution < -0.4 is 0 Å². The first kappa shape index (κ1) is 28.4. The highest BCUT2D eigenvalue weighted by molar-refractivity contribution is 7.90. The zero-order chi connectivity index (χ0) is 26.9. The molecule has 1 aliphatic rings.